The molecule has 3 heteroatoms. The molecule has 102 valence electrons. The number of halogens is 1. The minimum Gasteiger partial charge on any atom is -0.366 e. The van der Waals surface area contributed by atoms with Gasteiger partial charge in [-0.15, -0.1) is 0 Å². The SMILES string of the molecule is Cc1ccc(N2CCCC(CC#N)C2(C)C)cc1Br. The first-order chi connectivity index (χ1) is 8.96. The Morgan fingerprint density at radius 1 is 1.47 bits per heavy atom. The standard InChI is InChI=1S/C16H21BrN2/c1-12-6-7-14(11-15(12)17)19-10-4-5-13(8-9-18)16(19,2)3/h6-7,11,13H,4-5,8,10H2,1-3H3. The summed E-state index contributed by atoms with van der Waals surface area (Å²) in [6, 6.07) is 8.90. The van der Waals surface area contributed by atoms with Crippen molar-refractivity contribution in [3.63, 3.8) is 0 Å². The van der Waals surface area contributed by atoms with Crippen LogP contribution in [-0.4, -0.2) is 12.1 Å². The van der Waals surface area contributed by atoms with E-state index in [0.717, 1.165) is 17.4 Å². The third-order valence-corrected chi connectivity index (χ3v) is 5.29. The molecule has 0 bridgehead atoms. The van der Waals surface area contributed by atoms with Gasteiger partial charge in [0.2, 0.25) is 0 Å². The molecule has 1 aromatic carbocycles. The van der Waals surface area contributed by atoms with Crippen molar-refractivity contribution in [2.75, 3.05) is 11.4 Å². The van der Waals surface area contributed by atoms with E-state index < -0.39 is 0 Å². The number of anilines is 1. The second kappa shape index (κ2) is 5.54. The first-order valence-corrected chi connectivity index (χ1v) is 7.67. The van der Waals surface area contributed by atoms with E-state index in [0.29, 0.717) is 12.3 Å². The smallest absolute Gasteiger partial charge is 0.0625 e. The molecule has 0 spiro atoms. The van der Waals surface area contributed by atoms with E-state index in [1.807, 2.05) is 0 Å². The van der Waals surface area contributed by atoms with Crippen LogP contribution in [0.2, 0.25) is 0 Å². The summed E-state index contributed by atoms with van der Waals surface area (Å²) in [4.78, 5) is 2.46. The summed E-state index contributed by atoms with van der Waals surface area (Å²) >= 11 is 3.62. The minimum atomic E-state index is 0.0443. The molecule has 1 aromatic rings. The lowest BCUT2D eigenvalue weighted by Gasteiger charge is -2.49. The van der Waals surface area contributed by atoms with Crippen LogP contribution in [0.25, 0.3) is 0 Å². The minimum absolute atomic E-state index is 0.0443. The quantitative estimate of drug-likeness (QED) is 0.792. The average molecular weight is 321 g/mol. The van der Waals surface area contributed by atoms with E-state index in [1.165, 1.54) is 17.7 Å². The van der Waals surface area contributed by atoms with Gasteiger partial charge < -0.3 is 4.90 Å². The molecule has 1 atom stereocenters. The predicted octanol–water partition coefficient (Wildman–Crippen LogP) is 4.67. The molecule has 19 heavy (non-hydrogen) atoms. The molecule has 1 unspecified atom stereocenters. The van der Waals surface area contributed by atoms with Crippen LogP contribution in [0.15, 0.2) is 22.7 Å². The number of hydrogen-bond donors (Lipinski definition) is 0. The fourth-order valence-electron chi connectivity index (χ4n) is 3.03. The molecule has 1 heterocycles. The number of hydrogen-bond acceptors (Lipinski definition) is 2. The highest BCUT2D eigenvalue weighted by Gasteiger charge is 2.38. The van der Waals surface area contributed by atoms with Crippen molar-refractivity contribution in [1.29, 1.82) is 5.26 Å². The highest BCUT2D eigenvalue weighted by Crippen LogP contribution is 2.39. The monoisotopic (exact) mass is 320 g/mol. The largest absolute Gasteiger partial charge is 0.366 e. The molecule has 0 N–H and O–H groups in total. The Bertz CT molecular complexity index is 502. The molecule has 1 saturated heterocycles. The van der Waals surface area contributed by atoms with Gasteiger partial charge in [-0.3, -0.25) is 0 Å². The van der Waals surface area contributed by atoms with Crippen molar-refractivity contribution < 1.29 is 0 Å². The van der Waals surface area contributed by atoms with Gasteiger partial charge in [0.15, 0.2) is 0 Å². The molecule has 0 saturated carbocycles. The van der Waals surface area contributed by atoms with Crippen LogP contribution in [0.4, 0.5) is 5.69 Å². The molecular weight excluding hydrogens is 300 g/mol. The summed E-state index contributed by atoms with van der Waals surface area (Å²) in [7, 11) is 0. The number of aryl methyl sites for hydroxylation is 1. The van der Waals surface area contributed by atoms with E-state index in [1.54, 1.807) is 0 Å². The van der Waals surface area contributed by atoms with Gasteiger partial charge in [0, 0.05) is 28.7 Å². The third kappa shape index (κ3) is 2.79. The first-order valence-electron chi connectivity index (χ1n) is 6.87. The maximum absolute atomic E-state index is 9.01. The average Bonchev–Trinajstić information content (AvgIpc) is 2.35. The summed E-state index contributed by atoms with van der Waals surface area (Å²) < 4.78 is 1.16. The summed E-state index contributed by atoms with van der Waals surface area (Å²) in [5, 5.41) is 9.01. The number of nitriles is 1. The van der Waals surface area contributed by atoms with Crippen molar-refractivity contribution in [3.05, 3.63) is 28.2 Å². The van der Waals surface area contributed by atoms with Crippen LogP contribution in [0.5, 0.6) is 0 Å². The van der Waals surface area contributed by atoms with Crippen molar-refractivity contribution in [1.82, 2.24) is 0 Å². The Morgan fingerprint density at radius 3 is 2.84 bits per heavy atom. The zero-order valence-corrected chi connectivity index (χ0v) is 13.5. The van der Waals surface area contributed by atoms with Gasteiger partial charge in [0.25, 0.3) is 0 Å². The Balaban J connectivity index is 2.32. The van der Waals surface area contributed by atoms with E-state index in [-0.39, 0.29) is 5.54 Å². The third-order valence-electron chi connectivity index (χ3n) is 4.43. The molecule has 2 rings (SSSR count). The Labute approximate surface area is 124 Å². The van der Waals surface area contributed by atoms with Crippen LogP contribution in [0.1, 0.15) is 38.7 Å². The van der Waals surface area contributed by atoms with E-state index in [4.69, 9.17) is 5.26 Å². The Hall–Kier alpha value is -1.01. The lowest BCUT2D eigenvalue weighted by molar-refractivity contribution is 0.242. The maximum atomic E-state index is 9.01. The molecular formula is C16H21BrN2. The Kier molecular flexibility index (Phi) is 4.20. The molecule has 0 aromatic heterocycles. The second-order valence-electron chi connectivity index (χ2n) is 5.94. The van der Waals surface area contributed by atoms with E-state index in [2.05, 4.69) is 65.9 Å². The predicted molar refractivity (Wildman–Crippen MR) is 83.3 cm³/mol. The summed E-state index contributed by atoms with van der Waals surface area (Å²) in [6.45, 7) is 7.71. The Morgan fingerprint density at radius 2 is 2.21 bits per heavy atom. The van der Waals surface area contributed by atoms with E-state index >= 15 is 0 Å². The van der Waals surface area contributed by atoms with Crippen molar-refractivity contribution in [3.8, 4) is 6.07 Å². The lowest BCUT2D eigenvalue weighted by Crippen LogP contribution is -2.53. The molecule has 0 radical (unpaired) electrons. The number of piperidine rings is 1. The fraction of sp³-hybridized carbons (Fsp3) is 0.562. The maximum Gasteiger partial charge on any atom is 0.0625 e. The number of benzene rings is 1. The normalized spacial score (nSPS) is 22.1. The summed E-state index contributed by atoms with van der Waals surface area (Å²) in [5.74, 6) is 0.450. The van der Waals surface area contributed by atoms with E-state index in [9.17, 15) is 0 Å². The number of rotatable bonds is 2. The molecule has 1 aliphatic heterocycles. The molecule has 2 nitrogen and oxygen atoms in total. The van der Waals surface area contributed by atoms with Crippen LogP contribution in [0, 0.1) is 24.2 Å². The summed E-state index contributed by atoms with van der Waals surface area (Å²) in [6.07, 6.45) is 2.97. The second-order valence-corrected chi connectivity index (χ2v) is 6.79. The fourth-order valence-corrected chi connectivity index (χ4v) is 3.40. The highest BCUT2D eigenvalue weighted by atomic mass is 79.9. The van der Waals surface area contributed by atoms with Crippen LogP contribution in [-0.2, 0) is 0 Å². The molecule has 0 amide bonds. The molecule has 1 fully saturated rings. The summed E-state index contributed by atoms with van der Waals surface area (Å²) in [5.41, 5.74) is 2.56. The van der Waals surface area contributed by atoms with Gasteiger partial charge in [-0.2, -0.15) is 5.26 Å². The van der Waals surface area contributed by atoms with Gasteiger partial charge in [0.1, 0.15) is 0 Å². The van der Waals surface area contributed by atoms with Gasteiger partial charge in [-0.05, 0) is 57.2 Å². The number of nitrogens with zero attached hydrogens (tertiary/aromatic N) is 2. The zero-order chi connectivity index (χ0) is 14.0. The van der Waals surface area contributed by atoms with Gasteiger partial charge in [0.05, 0.1) is 6.07 Å². The molecule has 1 aliphatic rings. The first kappa shape index (κ1) is 14.4. The lowest BCUT2D eigenvalue weighted by atomic mass is 9.77. The van der Waals surface area contributed by atoms with Crippen molar-refractivity contribution in [2.24, 2.45) is 5.92 Å². The molecule has 0 aliphatic carbocycles. The van der Waals surface area contributed by atoms with Gasteiger partial charge in [-0.1, -0.05) is 22.0 Å². The van der Waals surface area contributed by atoms with Crippen LogP contribution in [0.3, 0.4) is 0 Å². The van der Waals surface area contributed by atoms with Crippen LogP contribution >= 0.6 is 15.9 Å². The highest BCUT2D eigenvalue weighted by molar-refractivity contribution is 9.10. The van der Waals surface area contributed by atoms with Gasteiger partial charge in [-0.25, -0.2) is 0 Å². The topological polar surface area (TPSA) is 27.0 Å². The van der Waals surface area contributed by atoms with Crippen molar-refractivity contribution >= 4 is 21.6 Å². The van der Waals surface area contributed by atoms with Crippen molar-refractivity contribution in [2.45, 2.75) is 45.6 Å². The van der Waals surface area contributed by atoms with Crippen LogP contribution < -0.4 is 4.90 Å². The zero-order valence-electron chi connectivity index (χ0n) is 11.9. The van der Waals surface area contributed by atoms with Gasteiger partial charge >= 0.3 is 0 Å².